The van der Waals surface area contributed by atoms with Crippen molar-refractivity contribution in [2.75, 3.05) is 26.9 Å². The molecule has 162 valence electrons. The highest BCUT2D eigenvalue weighted by Crippen LogP contribution is 2.23. The number of rotatable bonds is 14. The summed E-state index contributed by atoms with van der Waals surface area (Å²) in [7, 11) is 1.59. The Balaban J connectivity index is 2.50. The van der Waals surface area contributed by atoms with Crippen LogP contribution < -0.4 is 10.1 Å². The van der Waals surface area contributed by atoms with Crippen LogP contribution in [0.2, 0.25) is 0 Å². The molecule has 0 saturated heterocycles. The lowest BCUT2D eigenvalue weighted by molar-refractivity contribution is -0.120. The summed E-state index contributed by atoms with van der Waals surface area (Å²) in [5.74, 6) is -3.84. The Bertz CT molecular complexity index is 635. The number of ether oxygens (including phenoxy) is 1. The number of nitrogens with one attached hydrogen (secondary N) is 1. The van der Waals surface area contributed by atoms with Crippen molar-refractivity contribution in [1.29, 1.82) is 0 Å². The van der Waals surface area contributed by atoms with Gasteiger partial charge in [-0.05, 0) is 43.4 Å². The Labute approximate surface area is 171 Å². The maximum Gasteiger partial charge on any atom is 0.299 e. The fourth-order valence-electron chi connectivity index (χ4n) is 2.65. The van der Waals surface area contributed by atoms with Crippen molar-refractivity contribution in [2.24, 2.45) is 11.8 Å². The smallest absolute Gasteiger partial charge is 0.299 e. The van der Waals surface area contributed by atoms with Gasteiger partial charge < -0.3 is 20.3 Å². The Morgan fingerprint density at radius 3 is 2.55 bits per heavy atom. The normalized spacial score (nSPS) is 14.2. The van der Waals surface area contributed by atoms with Crippen LogP contribution >= 0.6 is 0 Å². The summed E-state index contributed by atoms with van der Waals surface area (Å²) in [4.78, 5) is 11.1. The molecule has 0 saturated carbocycles. The molecule has 0 heterocycles. The van der Waals surface area contributed by atoms with Gasteiger partial charge in [-0.25, -0.2) is 0 Å². The zero-order chi connectivity index (χ0) is 21.5. The first kappa shape index (κ1) is 24.8. The lowest BCUT2D eigenvalue weighted by Crippen LogP contribution is -2.25. The van der Waals surface area contributed by atoms with E-state index in [0.717, 1.165) is 6.08 Å². The van der Waals surface area contributed by atoms with Crippen molar-refractivity contribution in [3.8, 4) is 5.75 Å². The predicted octanol–water partition coefficient (Wildman–Crippen LogP) is 3.34. The van der Waals surface area contributed by atoms with Gasteiger partial charge in [-0.1, -0.05) is 36.4 Å². The highest BCUT2D eigenvalue weighted by Gasteiger charge is 2.27. The van der Waals surface area contributed by atoms with Gasteiger partial charge in [-0.3, -0.25) is 4.79 Å². The molecule has 1 aromatic rings. The molecule has 0 aromatic heterocycles. The first-order valence-corrected chi connectivity index (χ1v) is 9.74. The van der Waals surface area contributed by atoms with E-state index in [2.05, 4.69) is 5.32 Å². The van der Waals surface area contributed by atoms with Crippen LogP contribution in [0.1, 0.15) is 25.7 Å². The van der Waals surface area contributed by atoms with E-state index < -0.39 is 18.4 Å². The Morgan fingerprint density at radius 2 is 1.93 bits per heavy atom. The van der Waals surface area contributed by atoms with E-state index >= 15 is 0 Å². The van der Waals surface area contributed by atoms with Gasteiger partial charge in [-0.15, -0.1) is 0 Å². The maximum atomic E-state index is 14.1. The lowest BCUT2D eigenvalue weighted by atomic mass is 9.89. The number of benzene rings is 1. The Kier molecular flexibility index (Phi) is 11.8. The molecule has 0 aliphatic heterocycles. The van der Waals surface area contributed by atoms with Crippen LogP contribution in [0.15, 0.2) is 54.6 Å². The molecule has 0 aliphatic carbocycles. The first-order valence-electron chi connectivity index (χ1n) is 9.74. The summed E-state index contributed by atoms with van der Waals surface area (Å²) in [6.45, 7) is -1.38. The molecular weight excluding hydrogens is 380 g/mol. The number of allylic oxidation sites excluding steroid dienone is 2. The minimum absolute atomic E-state index is 0.0192. The van der Waals surface area contributed by atoms with Gasteiger partial charge in [0, 0.05) is 32.6 Å². The quantitative estimate of drug-likeness (QED) is 0.324. The highest BCUT2D eigenvalue weighted by atomic mass is 19.3. The number of aliphatic hydroxyl groups excluding tert-OH is 2. The van der Waals surface area contributed by atoms with Gasteiger partial charge >= 0.3 is 0 Å². The number of halogens is 2. The minimum atomic E-state index is -3.20. The molecule has 7 heteroatoms. The average molecular weight is 411 g/mol. The highest BCUT2D eigenvalue weighted by molar-refractivity contribution is 5.75. The molecular formula is C22H31F2NO4. The molecule has 3 N–H and O–H groups in total. The van der Waals surface area contributed by atoms with Crippen molar-refractivity contribution < 1.29 is 28.5 Å². The summed E-state index contributed by atoms with van der Waals surface area (Å²) >= 11 is 0. The fourth-order valence-corrected chi connectivity index (χ4v) is 2.65. The van der Waals surface area contributed by atoms with Gasteiger partial charge in [0.05, 0.1) is 0 Å². The number of carbonyl (C=O) groups excluding carboxylic acids is 1. The van der Waals surface area contributed by atoms with E-state index in [1.54, 1.807) is 37.4 Å². The molecule has 0 bridgehead atoms. The molecule has 0 radical (unpaired) electrons. The van der Waals surface area contributed by atoms with Gasteiger partial charge in [0.2, 0.25) is 5.91 Å². The van der Waals surface area contributed by atoms with Crippen molar-refractivity contribution in [3.63, 3.8) is 0 Å². The van der Waals surface area contributed by atoms with Crippen LogP contribution in [0.5, 0.6) is 5.75 Å². The number of hydrogen-bond donors (Lipinski definition) is 3. The van der Waals surface area contributed by atoms with Gasteiger partial charge in [-0.2, -0.15) is 8.78 Å². The van der Waals surface area contributed by atoms with Crippen LogP contribution in [0.25, 0.3) is 0 Å². The van der Waals surface area contributed by atoms with E-state index in [1.807, 2.05) is 12.2 Å². The van der Waals surface area contributed by atoms with Crippen LogP contribution in [-0.2, 0) is 4.79 Å². The largest absolute Gasteiger partial charge is 0.487 e. The van der Waals surface area contributed by atoms with Crippen molar-refractivity contribution in [2.45, 2.75) is 31.6 Å². The first-order chi connectivity index (χ1) is 13.9. The average Bonchev–Trinajstić information content (AvgIpc) is 2.73. The molecule has 2 atom stereocenters. The van der Waals surface area contributed by atoms with Gasteiger partial charge in [0.1, 0.15) is 5.75 Å². The molecule has 5 nitrogen and oxygen atoms in total. The third kappa shape index (κ3) is 10.8. The van der Waals surface area contributed by atoms with Crippen LogP contribution in [-0.4, -0.2) is 48.9 Å². The van der Waals surface area contributed by atoms with E-state index in [1.165, 1.54) is 6.08 Å². The summed E-state index contributed by atoms with van der Waals surface area (Å²) in [6.07, 6.45) is 8.01. The predicted molar refractivity (Wildman–Crippen MR) is 109 cm³/mol. The second-order valence-corrected chi connectivity index (χ2v) is 6.78. The summed E-state index contributed by atoms with van der Waals surface area (Å²) < 4.78 is 33.2. The van der Waals surface area contributed by atoms with Crippen LogP contribution in [0.3, 0.4) is 0 Å². The number of alkyl halides is 2. The summed E-state index contributed by atoms with van der Waals surface area (Å²) in [6, 6.07) is 8.35. The molecule has 0 fully saturated rings. The lowest BCUT2D eigenvalue weighted by Gasteiger charge is -2.21. The second kappa shape index (κ2) is 13.8. The summed E-state index contributed by atoms with van der Waals surface area (Å²) in [5, 5.41) is 21.7. The van der Waals surface area contributed by atoms with Crippen LogP contribution in [0, 0.1) is 11.8 Å². The number of aliphatic hydroxyl groups is 2. The molecule has 1 amide bonds. The number of carbonyl (C=O) groups is 1. The monoisotopic (exact) mass is 411 g/mol. The van der Waals surface area contributed by atoms with E-state index in [9.17, 15) is 23.8 Å². The maximum absolute atomic E-state index is 14.1. The van der Waals surface area contributed by atoms with Gasteiger partial charge in [0.25, 0.3) is 5.92 Å². The zero-order valence-electron chi connectivity index (χ0n) is 16.8. The third-order valence-corrected chi connectivity index (χ3v) is 4.47. The van der Waals surface area contributed by atoms with Crippen molar-refractivity contribution >= 4 is 5.91 Å². The fraction of sp³-hybridized carbons (Fsp3) is 0.500. The molecule has 0 spiro atoms. The Hall–Kier alpha value is -2.25. The molecule has 1 rings (SSSR count). The SMILES string of the molecule is CNC(=O)CCCC=CC[C@@H](CO)[C@@H](C=CC(F)(F)COc1ccccc1)CO. The number of amides is 1. The second-order valence-electron chi connectivity index (χ2n) is 6.78. The number of para-hydroxylation sites is 1. The molecule has 29 heavy (non-hydrogen) atoms. The topological polar surface area (TPSA) is 78.8 Å². The number of hydrogen-bond acceptors (Lipinski definition) is 4. The van der Waals surface area contributed by atoms with E-state index in [4.69, 9.17) is 4.74 Å². The van der Waals surface area contributed by atoms with E-state index in [0.29, 0.717) is 31.4 Å². The third-order valence-electron chi connectivity index (χ3n) is 4.47. The standard InChI is InChI=1S/C22H31F2NO4/c1-25-21(28)12-8-3-2-5-9-18(15-26)19(16-27)13-14-22(23,24)17-29-20-10-6-4-7-11-20/h2,4-7,10-11,13-14,18-19,26-27H,3,8-9,12,15-17H2,1H3,(H,25,28)/t18-,19-/m0/s1. The minimum Gasteiger partial charge on any atom is -0.487 e. The zero-order valence-corrected chi connectivity index (χ0v) is 16.8. The molecule has 1 aromatic carbocycles. The van der Waals surface area contributed by atoms with E-state index in [-0.39, 0.29) is 25.0 Å². The molecule has 0 unspecified atom stereocenters. The van der Waals surface area contributed by atoms with Gasteiger partial charge in [0.15, 0.2) is 6.61 Å². The van der Waals surface area contributed by atoms with Crippen molar-refractivity contribution in [3.05, 3.63) is 54.6 Å². The van der Waals surface area contributed by atoms with Crippen molar-refractivity contribution in [1.82, 2.24) is 5.32 Å². The molecule has 0 aliphatic rings. The number of unbranched alkanes of at least 4 members (excludes halogenated alkanes) is 1. The van der Waals surface area contributed by atoms with Crippen LogP contribution in [0.4, 0.5) is 8.78 Å². The summed E-state index contributed by atoms with van der Waals surface area (Å²) in [5.41, 5.74) is 0. The Morgan fingerprint density at radius 1 is 1.21 bits per heavy atom.